The zero-order valence-electron chi connectivity index (χ0n) is 12.4. The number of rotatable bonds is 6. The number of hydrogen-bond donors (Lipinski definition) is 1. The summed E-state index contributed by atoms with van der Waals surface area (Å²) < 4.78 is 7.67. The van der Waals surface area contributed by atoms with Gasteiger partial charge in [0.2, 0.25) is 5.88 Å². The summed E-state index contributed by atoms with van der Waals surface area (Å²) in [5, 5.41) is 8.87. The van der Waals surface area contributed by atoms with Crippen LogP contribution < -0.4 is 10.1 Å². The van der Waals surface area contributed by atoms with Crippen LogP contribution >= 0.6 is 23.2 Å². The van der Waals surface area contributed by atoms with E-state index in [9.17, 15) is 0 Å². The van der Waals surface area contributed by atoms with Crippen LogP contribution in [0.25, 0.3) is 0 Å². The summed E-state index contributed by atoms with van der Waals surface area (Å²) in [6.07, 6.45) is 1.08. The molecule has 2 aromatic rings. The van der Waals surface area contributed by atoms with Gasteiger partial charge in [-0.25, -0.2) is 4.68 Å². The van der Waals surface area contributed by atoms with E-state index in [0.717, 1.165) is 30.8 Å². The van der Waals surface area contributed by atoms with Crippen molar-refractivity contribution < 1.29 is 4.74 Å². The third kappa shape index (κ3) is 4.13. The van der Waals surface area contributed by atoms with Crippen molar-refractivity contribution in [2.75, 3.05) is 6.54 Å². The van der Waals surface area contributed by atoms with E-state index in [0.29, 0.717) is 21.7 Å². The average molecular weight is 328 g/mol. The Bertz CT molecular complexity index is 605. The molecule has 4 nitrogen and oxygen atoms in total. The number of halogens is 2. The van der Waals surface area contributed by atoms with Gasteiger partial charge < -0.3 is 10.1 Å². The maximum atomic E-state index is 6.00. The fourth-order valence-corrected chi connectivity index (χ4v) is 2.61. The maximum Gasteiger partial charge on any atom is 0.222 e. The third-order valence-electron chi connectivity index (χ3n) is 3.07. The monoisotopic (exact) mass is 327 g/mol. The van der Waals surface area contributed by atoms with Crippen LogP contribution in [-0.2, 0) is 13.6 Å². The molecule has 0 bridgehead atoms. The van der Waals surface area contributed by atoms with E-state index < -0.39 is 0 Å². The average Bonchev–Trinajstić information content (AvgIpc) is 2.64. The number of aryl methyl sites for hydroxylation is 2. The Morgan fingerprint density at radius 3 is 2.52 bits per heavy atom. The quantitative estimate of drug-likeness (QED) is 0.803. The number of aromatic nitrogens is 2. The summed E-state index contributed by atoms with van der Waals surface area (Å²) in [4.78, 5) is 0. The van der Waals surface area contributed by atoms with E-state index in [2.05, 4.69) is 17.3 Å². The van der Waals surface area contributed by atoms with Crippen molar-refractivity contribution in [3.8, 4) is 11.6 Å². The number of benzene rings is 1. The van der Waals surface area contributed by atoms with E-state index in [1.54, 1.807) is 22.9 Å². The molecule has 0 saturated heterocycles. The molecule has 0 aliphatic carbocycles. The van der Waals surface area contributed by atoms with Crippen LogP contribution in [-0.4, -0.2) is 16.3 Å². The molecule has 2 rings (SSSR count). The minimum absolute atomic E-state index is 0.544. The standard InChI is InChI=1S/C15H19Cl2N3O/c1-4-5-18-9-14-10(2)19-20(3)15(14)21-13-7-11(16)6-12(17)8-13/h6-8,18H,4-5,9H2,1-3H3. The molecule has 1 aromatic carbocycles. The molecule has 0 fully saturated rings. The van der Waals surface area contributed by atoms with Crippen molar-refractivity contribution in [3.63, 3.8) is 0 Å². The number of nitrogens with zero attached hydrogens (tertiary/aromatic N) is 2. The summed E-state index contributed by atoms with van der Waals surface area (Å²) in [6.45, 7) is 5.78. The van der Waals surface area contributed by atoms with Gasteiger partial charge >= 0.3 is 0 Å². The first-order valence-electron chi connectivity index (χ1n) is 6.88. The van der Waals surface area contributed by atoms with E-state index in [-0.39, 0.29) is 0 Å². The highest BCUT2D eigenvalue weighted by atomic mass is 35.5. The van der Waals surface area contributed by atoms with Gasteiger partial charge in [0.15, 0.2) is 0 Å². The zero-order chi connectivity index (χ0) is 15.4. The van der Waals surface area contributed by atoms with Crippen molar-refractivity contribution in [2.24, 2.45) is 7.05 Å². The predicted octanol–water partition coefficient (Wildman–Crippen LogP) is 4.33. The smallest absolute Gasteiger partial charge is 0.222 e. The Morgan fingerprint density at radius 1 is 1.24 bits per heavy atom. The maximum absolute atomic E-state index is 6.00. The molecule has 0 aliphatic heterocycles. The Labute approximate surface area is 135 Å². The Morgan fingerprint density at radius 2 is 1.90 bits per heavy atom. The second kappa shape index (κ2) is 7.16. The molecule has 0 spiro atoms. The van der Waals surface area contributed by atoms with Gasteiger partial charge in [-0.1, -0.05) is 30.1 Å². The van der Waals surface area contributed by atoms with Crippen molar-refractivity contribution in [3.05, 3.63) is 39.5 Å². The summed E-state index contributed by atoms with van der Waals surface area (Å²) in [6, 6.07) is 5.15. The Balaban J connectivity index is 2.26. The zero-order valence-corrected chi connectivity index (χ0v) is 13.9. The van der Waals surface area contributed by atoms with Crippen molar-refractivity contribution in [2.45, 2.75) is 26.8 Å². The van der Waals surface area contributed by atoms with Gasteiger partial charge in [0.25, 0.3) is 0 Å². The molecule has 0 atom stereocenters. The fraction of sp³-hybridized carbons (Fsp3) is 0.400. The summed E-state index contributed by atoms with van der Waals surface area (Å²) in [5.41, 5.74) is 1.99. The second-order valence-electron chi connectivity index (χ2n) is 4.88. The molecule has 1 heterocycles. The minimum Gasteiger partial charge on any atom is -0.439 e. The van der Waals surface area contributed by atoms with Crippen molar-refractivity contribution in [1.29, 1.82) is 0 Å². The normalized spacial score (nSPS) is 10.9. The van der Waals surface area contributed by atoms with Crippen LogP contribution in [0.3, 0.4) is 0 Å². The van der Waals surface area contributed by atoms with Crippen LogP contribution in [0.5, 0.6) is 11.6 Å². The predicted molar refractivity (Wildman–Crippen MR) is 86.5 cm³/mol. The lowest BCUT2D eigenvalue weighted by Gasteiger charge is -2.10. The third-order valence-corrected chi connectivity index (χ3v) is 3.50. The molecule has 0 unspecified atom stereocenters. The van der Waals surface area contributed by atoms with Gasteiger partial charge in [-0.2, -0.15) is 5.10 Å². The molecule has 6 heteroatoms. The van der Waals surface area contributed by atoms with E-state index >= 15 is 0 Å². The lowest BCUT2D eigenvalue weighted by molar-refractivity contribution is 0.424. The molecule has 0 radical (unpaired) electrons. The number of ether oxygens (including phenoxy) is 1. The van der Waals surface area contributed by atoms with E-state index in [1.165, 1.54) is 0 Å². The lowest BCUT2D eigenvalue weighted by atomic mass is 10.2. The highest BCUT2D eigenvalue weighted by Crippen LogP contribution is 2.31. The minimum atomic E-state index is 0.544. The van der Waals surface area contributed by atoms with Crippen LogP contribution in [0.1, 0.15) is 24.6 Å². The van der Waals surface area contributed by atoms with Crippen LogP contribution in [0.15, 0.2) is 18.2 Å². The molecule has 1 N–H and O–H groups in total. The first-order valence-corrected chi connectivity index (χ1v) is 7.64. The highest BCUT2D eigenvalue weighted by molar-refractivity contribution is 6.34. The van der Waals surface area contributed by atoms with E-state index in [4.69, 9.17) is 27.9 Å². The fourth-order valence-electron chi connectivity index (χ4n) is 2.10. The number of nitrogens with one attached hydrogen (secondary N) is 1. The van der Waals surface area contributed by atoms with Crippen LogP contribution in [0.4, 0.5) is 0 Å². The van der Waals surface area contributed by atoms with E-state index in [1.807, 2.05) is 14.0 Å². The Hall–Kier alpha value is -1.23. The highest BCUT2D eigenvalue weighted by Gasteiger charge is 2.15. The Kier molecular flexibility index (Phi) is 5.51. The van der Waals surface area contributed by atoms with Crippen LogP contribution in [0, 0.1) is 6.92 Å². The first-order chi connectivity index (χ1) is 10.0. The number of hydrogen-bond acceptors (Lipinski definition) is 3. The van der Waals surface area contributed by atoms with Gasteiger partial charge in [0.05, 0.1) is 11.3 Å². The largest absolute Gasteiger partial charge is 0.439 e. The molecule has 114 valence electrons. The second-order valence-corrected chi connectivity index (χ2v) is 5.75. The van der Waals surface area contributed by atoms with Crippen molar-refractivity contribution >= 4 is 23.2 Å². The van der Waals surface area contributed by atoms with Gasteiger partial charge in [-0.05, 0) is 38.1 Å². The van der Waals surface area contributed by atoms with Crippen molar-refractivity contribution in [1.82, 2.24) is 15.1 Å². The summed E-state index contributed by atoms with van der Waals surface area (Å²) in [5.74, 6) is 1.31. The molecule has 21 heavy (non-hydrogen) atoms. The van der Waals surface area contributed by atoms with Gasteiger partial charge in [-0.3, -0.25) is 0 Å². The molecule has 1 aromatic heterocycles. The topological polar surface area (TPSA) is 39.1 Å². The van der Waals surface area contributed by atoms with Crippen LogP contribution in [0.2, 0.25) is 10.0 Å². The van der Waals surface area contributed by atoms with Gasteiger partial charge in [0.1, 0.15) is 5.75 Å². The molecular formula is C15H19Cl2N3O. The summed E-state index contributed by atoms with van der Waals surface area (Å²) >= 11 is 12.0. The molecule has 0 amide bonds. The summed E-state index contributed by atoms with van der Waals surface area (Å²) in [7, 11) is 1.86. The molecular weight excluding hydrogens is 309 g/mol. The first kappa shape index (κ1) is 16.1. The SMILES string of the molecule is CCCNCc1c(C)nn(C)c1Oc1cc(Cl)cc(Cl)c1. The lowest BCUT2D eigenvalue weighted by Crippen LogP contribution is -2.14. The molecule has 0 saturated carbocycles. The van der Waals surface area contributed by atoms with Gasteiger partial charge in [0, 0.05) is 23.6 Å². The molecule has 0 aliphatic rings. The van der Waals surface area contributed by atoms with Gasteiger partial charge in [-0.15, -0.1) is 0 Å².